The molecule has 0 aromatic carbocycles. The van der Waals surface area contributed by atoms with Gasteiger partial charge in [-0.3, -0.25) is 13.8 Å². The van der Waals surface area contributed by atoms with Gasteiger partial charge < -0.3 is 0 Å². The second kappa shape index (κ2) is 7.81. The molecule has 0 saturated carbocycles. The van der Waals surface area contributed by atoms with Crippen molar-refractivity contribution in [3.63, 3.8) is 0 Å². The number of rotatable bonds is 4. The van der Waals surface area contributed by atoms with Crippen molar-refractivity contribution in [1.29, 1.82) is 1.45 Å². The van der Waals surface area contributed by atoms with Crippen LogP contribution in [0.25, 0.3) is 0 Å². The van der Waals surface area contributed by atoms with E-state index in [-0.39, 0.29) is 9.90 Å². The van der Waals surface area contributed by atoms with Crippen LogP contribution >= 0.6 is 17.8 Å². The molecule has 0 spiro atoms. The molecule has 0 bridgehead atoms. The summed E-state index contributed by atoms with van der Waals surface area (Å²) < 4.78 is 45.3. The first-order valence-electron chi connectivity index (χ1n) is 3.88. The Bertz CT molecular complexity index is 155. The lowest BCUT2D eigenvalue weighted by molar-refractivity contribution is 0.118. The second-order valence-corrected chi connectivity index (χ2v) is 4.02. The molecule has 0 saturated heterocycles. The smallest absolute Gasteiger partial charge is 0.281 e. The minimum absolute atomic E-state index is 0. The van der Waals surface area contributed by atoms with Gasteiger partial charge in [-0.1, -0.05) is 0 Å². The minimum Gasteiger partial charge on any atom is -0.281 e. The summed E-state index contributed by atoms with van der Waals surface area (Å²) in [6.07, 6.45) is -0.853. The molecule has 0 fully saturated rings. The van der Waals surface area contributed by atoms with Crippen LogP contribution in [0.1, 0.15) is 27.7 Å². The van der Waals surface area contributed by atoms with Gasteiger partial charge in [-0.25, -0.2) is 4.57 Å². The molecule has 0 aliphatic rings. The Kier molecular flexibility index (Phi) is 9.55. The number of hydrogen-bond acceptors (Lipinski definition) is 3. The molecule has 0 aromatic rings. The third-order valence-corrected chi connectivity index (χ3v) is 2.02. The highest BCUT2D eigenvalue weighted by molar-refractivity contribution is 7.48. The molecule has 1 unspecified atom stereocenters. The van der Waals surface area contributed by atoms with Crippen molar-refractivity contribution in [2.24, 2.45) is 0 Å². The molecular weight excluding hydrogens is 220 g/mol. The summed E-state index contributed by atoms with van der Waals surface area (Å²) in [5, 5.41) is 0. The normalized spacial score (nSPS) is 11.5. The second-order valence-electron chi connectivity index (χ2n) is 2.74. The number of halogens is 2. The summed E-state index contributed by atoms with van der Waals surface area (Å²) in [4.78, 5) is 0. The van der Waals surface area contributed by atoms with Crippen LogP contribution in [0.4, 0.5) is 8.91 Å². The van der Waals surface area contributed by atoms with E-state index in [1.807, 2.05) is 0 Å². The highest BCUT2D eigenvalue weighted by Crippen LogP contribution is 2.51. The first-order chi connectivity index (χ1) is 5.83. The first-order valence-corrected chi connectivity index (χ1v) is 4.93. The van der Waals surface area contributed by atoms with E-state index in [4.69, 9.17) is 4.72 Å². The van der Waals surface area contributed by atoms with Crippen LogP contribution in [0.5, 0.6) is 0 Å². The van der Waals surface area contributed by atoms with Gasteiger partial charge in [0, 0.05) is 0 Å². The molecule has 84 valence electrons. The molecule has 0 rings (SSSR count). The molecule has 0 radical (unpaired) electrons. The van der Waals surface area contributed by atoms with E-state index in [1.165, 1.54) is 0 Å². The van der Waals surface area contributed by atoms with Crippen molar-refractivity contribution in [2.75, 3.05) is 0 Å². The Morgan fingerprint density at radius 2 is 1.46 bits per heavy atom. The Hall–Kier alpha value is 0.440. The Balaban J connectivity index is -0.000000376. The lowest BCUT2D eigenvalue weighted by atomic mass is 10.5. The highest BCUT2D eigenvalue weighted by atomic mass is 31.2. The topological polar surface area (TPSA) is 35.5 Å². The minimum atomic E-state index is -4.30. The lowest BCUT2D eigenvalue weighted by Gasteiger charge is -2.14. The van der Waals surface area contributed by atoms with Crippen LogP contribution < -0.4 is 0 Å². The fourth-order valence-corrected chi connectivity index (χ4v) is 1.59. The standard InChI is InChI=1S/C6H14FO3P.FH.H3P/c1-5(2)9-11(7,8)10-6(3)4;;/h5-6H,1-4H3;1H;1H3/i/hD. The van der Waals surface area contributed by atoms with Crippen molar-refractivity contribution < 1.29 is 22.5 Å². The SMILES string of the molecule is CC(C)OP(=O)(F)OC(C)C.P.[2H]F. The molecule has 7 heteroatoms. The Morgan fingerprint density at radius 1 is 1.23 bits per heavy atom. The quantitative estimate of drug-likeness (QED) is 0.707. The number of hydrogen-bond donors (Lipinski definition) is 0. The van der Waals surface area contributed by atoms with Crippen molar-refractivity contribution in [2.45, 2.75) is 39.9 Å². The maximum absolute atomic E-state index is 12.7. The molecule has 0 aliphatic carbocycles. The zero-order chi connectivity index (χ0) is 11.1. The molecule has 0 N–H and O–H groups in total. The third-order valence-electron chi connectivity index (χ3n) is 0.673. The molecule has 1 atom stereocenters. The molecule has 0 aliphatic heterocycles. The summed E-state index contributed by atoms with van der Waals surface area (Å²) in [5.74, 6) is 0. The van der Waals surface area contributed by atoms with Crippen LogP contribution in [-0.2, 0) is 13.6 Å². The molecule has 0 amide bonds. The van der Waals surface area contributed by atoms with Crippen molar-refractivity contribution in [1.82, 2.24) is 0 Å². The third kappa shape index (κ3) is 12.4. The Morgan fingerprint density at radius 3 is 1.62 bits per heavy atom. The average molecular weight is 239 g/mol. The summed E-state index contributed by atoms with van der Waals surface area (Å²) >= 11 is 0. The van der Waals surface area contributed by atoms with Crippen LogP contribution in [0.15, 0.2) is 0 Å². The van der Waals surface area contributed by atoms with Crippen LogP contribution in [0.3, 0.4) is 0 Å². The van der Waals surface area contributed by atoms with Crippen LogP contribution in [0, 0.1) is 0 Å². The monoisotopic (exact) mass is 239 g/mol. The molecular formula is C6H18F2O3P2. The zero-order valence-electron chi connectivity index (χ0n) is 9.29. The highest BCUT2D eigenvalue weighted by Gasteiger charge is 2.26. The first kappa shape index (κ1) is 15.9. The molecule has 3 nitrogen and oxygen atoms in total. The zero-order valence-corrected chi connectivity index (χ0v) is 10.6. The van der Waals surface area contributed by atoms with Gasteiger partial charge in [-0.05, 0) is 27.7 Å². The van der Waals surface area contributed by atoms with Gasteiger partial charge >= 0.3 is 7.91 Å². The van der Waals surface area contributed by atoms with Gasteiger partial charge in [0.15, 0.2) is 0 Å². The summed E-state index contributed by atoms with van der Waals surface area (Å²) in [7, 11) is -4.30. The average Bonchev–Trinajstić information content (AvgIpc) is 1.85. The van der Waals surface area contributed by atoms with Crippen LogP contribution in [-0.4, -0.2) is 13.7 Å². The summed E-state index contributed by atoms with van der Waals surface area (Å²) in [5.41, 5.74) is 0. The van der Waals surface area contributed by atoms with Gasteiger partial charge in [-0.2, -0.15) is 9.90 Å². The fourth-order valence-electron chi connectivity index (χ4n) is 0.528. The van der Waals surface area contributed by atoms with Gasteiger partial charge in [0.25, 0.3) is 1.45 Å². The predicted octanol–water partition coefficient (Wildman–Crippen LogP) is 3.12. The van der Waals surface area contributed by atoms with E-state index in [1.54, 1.807) is 27.7 Å². The molecule has 0 aromatic heterocycles. The van der Waals surface area contributed by atoms with Crippen molar-refractivity contribution >= 4 is 17.8 Å². The molecule has 13 heavy (non-hydrogen) atoms. The van der Waals surface area contributed by atoms with E-state index >= 15 is 0 Å². The van der Waals surface area contributed by atoms with E-state index < -0.39 is 20.1 Å². The van der Waals surface area contributed by atoms with Gasteiger partial charge in [-0.15, -0.1) is 4.20 Å². The van der Waals surface area contributed by atoms with E-state index in [0.29, 0.717) is 0 Å². The van der Waals surface area contributed by atoms with Gasteiger partial charge in [0.05, 0.1) is 12.2 Å². The van der Waals surface area contributed by atoms with E-state index in [2.05, 4.69) is 10.5 Å². The van der Waals surface area contributed by atoms with Crippen LogP contribution in [0.2, 0.25) is 0 Å². The van der Waals surface area contributed by atoms with E-state index in [0.717, 1.165) is 0 Å². The largest absolute Gasteiger partial charge is 0.513 e. The summed E-state index contributed by atoms with van der Waals surface area (Å²) in [6, 6.07) is 0. The Labute approximate surface area is 82.5 Å². The maximum Gasteiger partial charge on any atom is 0.513 e. The summed E-state index contributed by atoms with van der Waals surface area (Å²) in [6.45, 7) is 6.37. The molecule has 0 heterocycles. The van der Waals surface area contributed by atoms with Gasteiger partial charge in [0.1, 0.15) is 0 Å². The van der Waals surface area contributed by atoms with E-state index in [9.17, 15) is 8.76 Å². The maximum atomic E-state index is 12.7. The van der Waals surface area contributed by atoms with Crippen molar-refractivity contribution in [3.8, 4) is 0 Å². The van der Waals surface area contributed by atoms with Crippen molar-refractivity contribution in [3.05, 3.63) is 0 Å². The lowest BCUT2D eigenvalue weighted by Crippen LogP contribution is -2.04. The predicted molar refractivity (Wildman–Crippen MR) is 54.8 cm³/mol. The fraction of sp³-hybridized carbons (Fsp3) is 1.00. The van der Waals surface area contributed by atoms with Gasteiger partial charge in [0.2, 0.25) is 0 Å².